The molecule has 0 aliphatic rings. The van der Waals surface area contributed by atoms with Crippen molar-refractivity contribution in [2.75, 3.05) is 13.2 Å². The van der Waals surface area contributed by atoms with Crippen LogP contribution in [0.1, 0.15) is 18.9 Å². The van der Waals surface area contributed by atoms with Gasteiger partial charge in [-0.25, -0.2) is 0 Å². The highest BCUT2D eigenvalue weighted by Crippen LogP contribution is 2.10. The number of hydrogen-bond acceptors (Lipinski definition) is 3. The van der Waals surface area contributed by atoms with E-state index in [1.54, 1.807) is 0 Å². The molecule has 1 atom stereocenters. The van der Waals surface area contributed by atoms with Gasteiger partial charge >= 0.3 is 0 Å². The third-order valence-electron chi connectivity index (χ3n) is 2.53. The molecule has 4 nitrogen and oxygen atoms in total. The Morgan fingerprint density at radius 3 is 2.59 bits per heavy atom. The average molecular weight is 236 g/mol. The molecule has 1 aromatic rings. The van der Waals surface area contributed by atoms with Gasteiger partial charge in [0.15, 0.2) is 6.61 Å². The fraction of sp³-hybridized carbons (Fsp3) is 0.462. The van der Waals surface area contributed by atoms with Gasteiger partial charge < -0.3 is 15.8 Å². The summed E-state index contributed by atoms with van der Waals surface area (Å²) in [5.41, 5.74) is 6.66. The van der Waals surface area contributed by atoms with Gasteiger partial charge in [-0.15, -0.1) is 0 Å². The molecular weight excluding hydrogens is 216 g/mol. The summed E-state index contributed by atoms with van der Waals surface area (Å²) in [6.45, 7) is 4.47. The van der Waals surface area contributed by atoms with Crippen molar-refractivity contribution in [1.29, 1.82) is 0 Å². The number of amides is 1. The van der Waals surface area contributed by atoms with Gasteiger partial charge in [-0.3, -0.25) is 4.79 Å². The molecule has 0 heterocycles. The molecule has 0 fully saturated rings. The number of nitrogens with one attached hydrogen (secondary N) is 1. The van der Waals surface area contributed by atoms with Crippen LogP contribution in [0.4, 0.5) is 0 Å². The fourth-order valence-electron chi connectivity index (χ4n) is 1.38. The van der Waals surface area contributed by atoms with Crippen LogP contribution in [0, 0.1) is 6.92 Å². The Morgan fingerprint density at radius 2 is 2.06 bits per heavy atom. The first-order chi connectivity index (χ1) is 8.15. The van der Waals surface area contributed by atoms with E-state index in [4.69, 9.17) is 10.5 Å². The number of carbonyl (C=O) groups excluding carboxylic acids is 1. The lowest BCUT2D eigenvalue weighted by Crippen LogP contribution is -2.41. The zero-order valence-electron chi connectivity index (χ0n) is 10.4. The van der Waals surface area contributed by atoms with E-state index in [-0.39, 0.29) is 18.6 Å². The summed E-state index contributed by atoms with van der Waals surface area (Å²) >= 11 is 0. The zero-order valence-corrected chi connectivity index (χ0v) is 10.4. The van der Waals surface area contributed by atoms with Crippen molar-refractivity contribution in [3.63, 3.8) is 0 Å². The zero-order chi connectivity index (χ0) is 12.7. The summed E-state index contributed by atoms with van der Waals surface area (Å²) in [6, 6.07) is 7.62. The molecule has 1 unspecified atom stereocenters. The Hall–Kier alpha value is -1.55. The van der Waals surface area contributed by atoms with Crippen LogP contribution in [0.25, 0.3) is 0 Å². The topological polar surface area (TPSA) is 64.3 Å². The van der Waals surface area contributed by atoms with Crippen LogP contribution in [0.2, 0.25) is 0 Å². The number of benzene rings is 1. The lowest BCUT2D eigenvalue weighted by molar-refractivity contribution is -0.123. The Balaban J connectivity index is 2.35. The molecule has 1 rings (SSSR count). The molecule has 0 saturated carbocycles. The van der Waals surface area contributed by atoms with Crippen molar-refractivity contribution >= 4 is 5.91 Å². The molecule has 94 valence electrons. The van der Waals surface area contributed by atoms with Crippen molar-refractivity contribution < 1.29 is 9.53 Å². The Labute approximate surface area is 102 Å². The van der Waals surface area contributed by atoms with E-state index < -0.39 is 0 Å². The highest BCUT2D eigenvalue weighted by Gasteiger charge is 2.08. The van der Waals surface area contributed by atoms with Crippen LogP contribution >= 0.6 is 0 Å². The standard InChI is InChI=1S/C13H20N2O2/c1-3-11(8-14)15-13(16)9-17-12-6-4-10(2)5-7-12/h4-7,11H,3,8-9,14H2,1-2H3,(H,15,16). The van der Waals surface area contributed by atoms with Crippen LogP contribution in [-0.4, -0.2) is 25.1 Å². The molecule has 0 aromatic heterocycles. The van der Waals surface area contributed by atoms with Crippen LogP contribution in [0.15, 0.2) is 24.3 Å². The lowest BCUT2D eigenvalue weighted by Gasteiger charge is -2.14. The van der Waals surface area contributed by atoms with Crippen LogP contribution < -0.4 is 15.8 Å². The molecule has 0 bridgehead atoms. The molecule has 0 radical (unpaired) electrons. The molecule has 0 saturated heterocycles. The minimum atomic E-state index is -0.136. The van der Waals surface area contributed by atoms with Crippen molar-refractivity contribution in [1.82, 2.24) is 5.32 Å². The molecule has 1 amide bonds. The highest BCUT2D eigenvalue weighted by molar-refractivity contribution is 5.77. The monoisotopic (exact) mass is 236 g/mol. The van der Waals surface area contributed by atoms with E-state index in [0.717, 1.165) is 12.0 Å². The number of carbonyl (C=O) groups is 1. The first-order valence-electron chi connectivity index (χ1n) is 5.84. The maximum absolute atomic E-state index is 11.5. The van der Waals surface area contributed by atoms with E-state index in [2.05, 4.69) is 5.32 Å². The smallest absolute Gasteiger partial charge is 0.258 e. The van der Waals surface area contributed by atoms with Gasteiger partial charge in [0.25, 0.3) is 5.91 Å². The number of ether oxygens (including phenoxy) is 1. The van der Waals surface area contributed by atoms with Crippen LogP contribution in [0.5, 0.6) is 5.75 Å². The van der Waals surface area contributed by atoms with Crippen molar-refractivity contribution in [3.8, 4) is 5.75 Å². The molecule has 4 heteroatoms. The maximum Gasteiger partial charge on any atom is 0.258 e. The molecular formula is C13H20N2O2. The number of rotatable bonds is 6. The summed E-state index contributed by atoms with van der Waals surface area (Å²) in [5, 5.41) is 2.81. The second kappa shape index (κ2) is 6.91. The normalized spacial score (nSPS) is 11.9. The van der Waals surface area contributed by atoms with Crippen molar-refractivity contribution in [3.05, 3.63) is 29.8 Å². The lowest BCUT2D eigenvalue weighted by atomic mass is 10.2. The van der Waals surface area contributed by atoms with Crippen molar-refractivity contribution in [2.45, 2.75) is 26.3 Å². The summed E-state index contributed by atoms with van der Waals surface area (Å²) < 4.78 is 5.36. The predicted molar refractivity (Wildman–Crippen MR) is 68.0 cm³/mol. The van der Waals surface area contributed by atoms with E-state index in [9.17, 15) is 4.79 Å². The minimum absolute atomic E-state index is 0.0273. The largest absolute Gasteiger partial charge is 0.484 e. The highest BCUT2D eigenvalue weighted by atomic mass is 16.5. The molecule has 0 aliphatic carbocycles. The van der Waals surface area contributed by atoms with E-state index in [0.29, 0.717) is 12.3 Å². The van der Waals surface area contributed by atoms with E-state index in [1.165, 1.54) is 0 Å². The van der Waals surface area contributed by atoms with E-state index >= 15 is 0 Å². The molecule has 1 aromatic carbocycles. The van der Waals surface area contributed by atoms with E-state index in [1.807, 2.05) is 38.1 Å². The second-order valence-electron chi connectivity index (χ2n) is 4.01. The third kappa shape index (κ3) is 4.87. The first-order valence-corrected chi connectivity index (χ1v) is 5.84. The number of aryl methyl sites for hydroxylation is 1. The SMILES string of the molecule is CCC(CN)NC(=O)COc1ccc(C)cc1. The Kier molecular flexibility index (Phi) is 5.49. The third-order valence-corrected chi connectivity index (χ3v) is 2.53. The van der Waals surface area contributed by atoms with Crippen molar-refractivity contribution in [2.24, 2.45) is 5.73 Å². The van der Waals surface area contributed by atoms with Gasteiger partial charge in [0, 0.05) is 12.6 Å². The summed E-state index contributed by atoms with van der Waals surface area (Å²) in [6.07, 6.45) is 0.826. The summed E-state index contributed by atoms with van der Waals surface area (Å²) in [7, 11) is 0. The molecule has 3 N–H and O–H groups in total. The first kappa shape index (κ1) is 13.5. The molecule has 0 aliphatic heterocycles. The molecule has 17 heavy (non-hydrogen) atoms. The molecule has 0 spiro atoms. The fourth-order valence-corrected chi connectivity index (χ4v) is 1.38. The van der Waals surface area contributed by atoms with Crippen LogP contribution in [0.3, 0.4) is 0 Å². The maximum atomic E-state index is 11.5. The predicted octanol–water partition coefficient (Wildman–Crippen LogP) is 1.23. The Morgan fingerprint density at radius 1 is 1.41 bits per heavy atom. The number of hydrogen-bond donors (Lipinski definition) is 2. The van der Waals surface area contributed by atoms with Crippen LogP contribution in [-0.2, 0) is 4.79 Å². The minimum Gasteiger partial charge on any atom is -0.484 e. The quantitative estimate of drug-likeness (QED) is 0.780. The van der Waals surface area contributed by atoms with Gasteiger partial charge in [0.1, 0.15) is 5.75 Å². The average Bonchev–Trinajstić information content (AvgIpc) is 2.35. The van der Waals surface area contributed by atoms with Gasteiger partial charge in [-0.2, -0.15) is 0 Å². The number of nitrogens with two attached hydrogens (primary N) is 1. The second-order valence-corrected chi connectivity index (χ2v) is 4.01. The van der Waals surface area contributed by atoms with Gasteiger partial charge in [-0.1, -0.05) is 24.6 Å². The van der Waals surface area contributed by atoms with Gasteiger partial charge in [0.2, 0.25) is 0 Å². The van der Waals surface area contributed by atoms with Gasteiger partial charge in [-0.05, 0) is 25.5 Å². The Bertz CT molecular complexity index is 345. The summed E-state index contributed by atoms with van der Waals surface area (Å²) in [4.78, 5) is 11.5. The summed E-state index contributed by atoms with van der Waals surface area (Å²) in [5.74, 6) is 0.564. The van der Waals surface area contributed by atoms with Gasteiger partial charge in [0.05, 0.1) is 0 Å².